The number of carbonyl (C=O) groups is 1. The highest BCUT2D eigenvalue weighted by atomic mass is 16.3. The number of carbonyl (C=O) groups excluding carboxylic acids is 1. The second-order valence-corrected chi connectivity index (χ2v) is 7.86. The Balaban J connectivity index is 1.33. The predicted octanol–water partition coefficient (Wildman–Crippen LogP) is 2.47. The summed E-state index contributed by atoms with van der Waals surface area (Å²) in [7, 11) is 3.94. The van der Waals surface area contributed by atoms with Gasteiger partial charge < -0.3 is 19.5 Å². The minimum Gasteiger partial charge on any atom is -0.451 e. The molecule has 0 aromatic carbocycles. The number of pyridine rings is 1. The lowest BCUT2D eigenvalue weighted by atomic mass is 10.2. The SMILES string of the molecule is CN1CCN(c2ccc(-c3nn(C)cc3NC(=O)c3ccc(-c4cn[nH]c4)o3)nc2)CC1. The number of nitrogens with zero attached hydrogens (tertiary/aromatic N) is 6. The van der Waals surface area contributed by atoms with Gasteiger partial charge >= 0.3 is 0 Å². The summed E-state index contributed by atoms with van der Waals surface area (Å²) in [4.78, 5) is 22.0. The third kappa shape index (κ3) is 4.00. The van der Waals surface area contributed by atoms with Crippen LogP contribution in [0.5, 0.6) is 0 Å². The number of hydrogen-bond donors (Lipinski definition) is 2. The van der Waals surface area contributed by atoms with E-state index in [1.54, 1.807) is 35.4 Å². The number of furan rings is 1. The third-order valence-electron chi connectivity index (χ3n) is 5.55. The van der Waals surface area contributed by atoms with Crippen molar-refractivity contribution in [3.05, 3.63) is 54.8 Å². The van der Waals surface area contributed by atoms with Crippen molar-refractivity contribution in [3.8, 4) is 22.7 Å². The van der Waals surface area contributed by atoms with E-state index in [0.29, 0.717) is 22.8 Å². The largest absolute Gasteiger partial charge is 0.451 e. The van der Waals surface area contributed by atoms with Gasteiger partial charge in [0.05, 0.1) is 35.0 Å². The van der Waals surface area contributed by atoms with Crippen LogP contribution in [-0.2, 0) is 7.05 Å². The summed E-state index contributed by atoms with van der Waals surface area (Å²) in [5.41, 5.74) is 3.73. The second-order valence-electron chi connectivity index (χ2n) is 7.86. The van der Waals surface area contributed by atoms with E-state index in [-0.39, 0.29) is 11.7 Å². The number of piperazine rings is 1. The van der Waals surface area contributed by atoms with Crippen LogP contribution in [0.4, 0.5) is 11.4 Å². The van der Waals surface area contributed by atoms with Gasteiger partial charge in [0.25, 0.3) is 5.91 Å². The molecule has 5 heterocycles. The third-order valence-corrected chi connectivity index (χ3v) is 5.55. The predicted molar refractivity (Wildman–Crippen MR) is 120 cm³/mol. The van der Waals surface area contributed by atoms with Crippen molar-refractivity contribution in [1.82, 2.24) is 29.9 Å². The normalized spacial score (nSPS) is 14.6. The number of rotatable bonds is 5. The summed E-state index contributed by atoms with van der Waals surface area (Å²) >= 11 is 0. The van der Waals surface area contributed by atoms with Crippen molar-refractivity contribution in [2.75, 3.05) is 43.4 Å². The molecule has 4 aromatic rings. The molecule has 10 nitrogen and oxygen atoms in total. The number of hydrogen-bond acceptors (Lipinski definition) is 7. The molecule has 1 aliphatic heterocycles. The number of likely N-dealkylation sites (N-methyl/N-ethyl adjacent to an activating group) is 1. The highest BCUT2D eigenvalue weighted by molar-refractivity contribution is 6.04. The summed E-state index contributed by atoms with van der Waals surface area (Å²) < 4.78 is 7.33. The molecular formula is C22H24N8O2. The fraction of sp³-hybridized carbons (Fsp3) is 0.273. The molecule has 1 saturated heterocycles. The number of anilines is 2. The zero-order valence-electron chi connectivity index (χ0n) is 17.9. The monoisotopic (exact) mass is 432 g/mol. The summed E-state index contributed by atoms with van der Waals surface area (Å²) in [6, 6.07) is 7.37. The van der Waals surface area contributed by atoms with E-state index >= 15 is 0 Å². The van der Waals surface area contributed by atoms with Crippen LogP contribution >= 0.6 is 0 Å². The Hall–Kier alpha value is -3.92. The van der Waals surface area contributed by atoms with E-state index in [4.69, 9.17) is 4.42 Å². The lowest BCUT2D eigenvalue weighted by molar-refractivity contribution is 0.0997. The molecule has 32 heavy (non-hydrogen) atoms. The van der Waals surface area contributed by atoms with Crippen LogP contribution in [0.15, 0.2) is 53.5 Å². The van der Waals surface area contributed by atoms with Gasteiger partial charge in [-0.3, -0.25) is 19.6 Å². The van der Waals surface area contributed by atoms with Crippen molar-refractivity contribution < 1.29 is 9.21 Å². The molecule has 0 unspecified atom stereocenters. The molecule has 0 bridgehead atoms. The summed E-state index contributed by atoms with van der Waals surface area (Å²) in [6.45, 7) is 4.03. The molecule has 4 aromatic heterocycles. The number of nitrogens with one attached hydrogen (secondary N) is 2. The second kappa shape index (κ2) is 8.31. The highest BCUT2D eigenvalue weighted by Crippen LogP contribution is 2.28. The maximum atomic E-state index is 12.8. The van der Waals surface area contributed by atoms with Gasteiger partial charge in [0.2, 0.25) is 0 Å². The number of aromatic amines is 1. The van der Waals surface area contributed by atoms with Crippen LogP contribution in [0.1, 0.15) is 10.6 Å². The van der Waals surface area contributed by atoms with Gasteiger partial charge in [-0.25, -0.2) is 0 Å². The van der Waals surface area contributed by atoms with Gasteiger partial charge in [-0.2, -0.15) is 10.2 Å². The minimum absolute atomic E-state index is 0.203. The van der Waals surface area contributed by atoms with E-state index in [9.17, 15) is 4.79 Å². The lowest BCUT2D eigenvalue weighted by Gasteiger charge is -2.33. The first-order chi connectivity index (χ1) is 15.6. The highest BCUT2D eigenvalue weighted by Gasteiger charge is 2.19. The Morgan fingerprint density at radius 3 is 2.66 bits per heavy atom. The number of aromatic nitrogens is 5. The molecule has 164 valence electrons. The lowest BCUT2D eigenvalue weighted by Crippen LogP contribution is -2.44. The molecule has 2 N–H and O–H groups in total. The fourth-order valence-electron chi connectivity index (χ4n) is 3.73. The molecule has 1 aliphatic rings. The van der Waals surface area contributed by atoms with Crippen molar-refractivity contribution in [2.24, 2.45) is 7.05 Å². The van der Waals surface area contributed by atoms with E-state index in [1.807, 2.05) is 19.3 Å². The summed E-state index contributed by atoms with van der Waals surface area (Å²) in [6.07, 6.45) is 6.96. The topological polar surface area (TPSA) is 108 Å². The van der Waals surface area contributed by atoms with Gasteiger partial charge in [-0.05, 0) is 31.3 Å². The van der Waals surface area contributed by atoms with Crippen molar-refractivity contribution in [2.45, 2.75) is 0 Å². The Kier molecular flexibility index (Phi) is 5.20. The molecule has 0 aliphatic carbocycles. The van der Waals surface area contributed by atoms with Gasteiger partial charge in [0, 0.05) is 45.6 Å². The van der Waals surface area contributed by atoms with Gasteiger partial charge in [-0.1, -0.05) is 0 Å². The van der Waals surface area contributed by atoms with Crippen LogP contribution in [0.2, 0.25) is 0 Å². The van der Waals surface area contributed by atoms with E-state index in [0.717, 1.165) is 37.4 Å². The molecule has 0 spiro atoms. The van der Waals surface area contributed by atoms with Crippen LogP contribution in [0, 0.1) is 0 Å². The average Bonchev–Trinajstić information content (AvgIpc) is 3.55. The van der Waals surface area contributed by atoms with E-state index in [2.05, 4.69) is 48.5 Å². The molecule has 0 atom stereocenters. The van der Waals surface area contributed by atoms with Crippen LogP contribution in [0.3, 0.4) is 0 Å². The number of amides is 1. The maximum Gasteiger partial charge on any atom is 0.291 e. The average molecular weight is 432 g/mol. The zero-order chi connectivity index (χ0) is 22.1. The first kappa shape index (κ1) is 20.0. The van der Waals surface area contributed by atoms with Gasteiger partial charge in [0.1, 0.15) is 11.5 Å². The molecule has 0 radical (unpaired) electrons. The van der Waals surface area contributed by atoms with E-state index < -0.39 is 0 Å². The first-order valence-corrected chi connectivity index (χ1v) is 10.4. The number of aryl methyl sites for hydroxylation is 1. The smallest absolute Gasteiger partial charge is 0.291 e. The summed E-state index contributed by atoms with van der Waals surface area (Å²) in [5, 5.41) is 14.0. The van der Waals surface area contributed by atoms with Crippen molar-refractivity contribution in [1.29, 1.82) is 0 Å². The van der Waals surface area contributed by atoms with Crippen LogP contribution < -0.4 is 10.2 Å². The molecule has 1 fully saturated rings. The molecule has 0 saturated carbocycles. The Bertz CT molecular complexity index is 1200. The Morgan fingerprint density at radius 1 is 1.09 bits per heavy atom. The number of H-pyrrole nitrogens is 1. The minimum atomic E-state index is -0.358. The van der Waals surface area contributed by atoms with Crippen molar-refractivity contribution >= 4 is 17.3 Å². The van der Waals surface area contributed by atoms with Crippen LogP contribution in [0.25, 0.3) is 22.7 Å². The molecule has 5 rings (SSSR count). The first-order valence-electron chi connectivity index (χ1n) is 10.4. The van der Waals surface area contributed by atoms with Crippen molar-refractivity contribution in [3.63, 3.8) is 0 Å². The maximum absolute atomic E-state index is 12.8. The van der Waals surface area contributed by atoms with Gasteiger partial charge in [0.15, 0.2) is 5.76 Å². The molecule has 10 heteroatoms. The Morgan fingerprint density at radius 2 is 1.94 bits per heavy atom. The van der Waals surface area contributed by atoms with Gasteiger partial charge in [-0.15, -0.1) is 0 Å². The van der Waals surface area contributed by atoms with E-state index in [1.165, 1.54) is 0 Å². The van der Waals surface area contributed by atoms with Crippen LogP contribution in [-0.4, -0.2) is 69.0 Å². The quantitative estimate of drug-likeness (QED) is 0.499. The fourth-order valence-corrected chi connectivity index (χ4v) is 3.73. The summed E-state index contributed by atoms with van der Waals surface area (Å²) in [5.74, 6) is 0.411. The Labute approximate surface area is 184 Å². The zero-order valence-corrected chi connectivity index (χ0v) is 17.9. The molecular weight excluding hydrogens is 408 g/mol. The standard InChI is InChI=1S/C22H24N8O2/c1-28-7-9-30(10-8-28)16-3-4-17(23-13-16)21-18(14-29(2)27-21)26-22(31)20-6-5-19(32-20)15-11-24-25-12-15/h3-6,11-14H,7-10H2,1-2H3,(H,24,25)(H,26,31). The molecule has 1 amide bonds.